The molecule has 0 atom stereocenters. The third kappa shape index (κ3) is 6.83. The van der Waals surface area contributed by atoms with Crippen molar-refractivity contribution in [3.8, 4) is 0 Å². The van der Waals surface area contributed by atoms with E-state index in [1.54, 1.807) is 13.8 Å². The molecule has 0 spiro atoms. The molecule has 0 unspecified atom stereocenters. The molecule has 1 aliphatic carbocycles. The molecule has 0 heterocycles. The molecule has 1 amide bonds. The maximum absolute atomic E-state index is 13.0. The van der Waals surface area contributed by atoms with Crippen LogP contribution >= 0.6 is 0 Å². The summed E-state index contributed by atoms with van der Waals surface area (Å²) >= 11 is 0. The van der Waals surface area contributed by atoms with Crippen LogP contribution in [0.3, 0.4) is 0 Å². The fourth-order valence-electron chi connectivity index (χ4n) is 4.65. The Morgan fingerprint density at radius 2 is 1.53 bits per heavy atom. The van der Waals surface area contributed by atoms with E-state index in [-0.39, 0.29) is 23.2 Å². The van der Waals surface area contributed by atoms with Gasteiger partial charge in [0.15, 0.2) is 9.84 Å². The van der Waals surface area contributed by atoms with Gasteiger partial charge in [-0.05, 0) is 96.8 Å². The fraction of sp³-hybridized carbons (Fsp3) is 0.720. The molecular formula is C25H41NO3S. The molecule has 2 rings (SSSR count). The van der Waals surface area contributed by atoms with Crippen molar-refractivity contribution in [1.29, 1.82) is 0 Å². The quantitative estimate of drug-likeness (QED) is 0.514. The lowest BCUT2D eigenvalue weighted by atomic mass is 9.80. The normalized spacial score (nSPS) is 20.2. The molecule has 1 saturated carbocycles. The average molecular weight is 436 g/mol. The minimum Gasteiger partial charge on any atom is -0.334 e. The fourth-order valence-corrected chi connectivity index (χ4v) is 6.03. The monoisotopic (exact) mass is 435 g/mol. The first kappa shape index (κ1) is 24.9. The molecule has 5 heteroatoms. The minimum absolute atomic E-state index is 0.105. The number of rotatable bonds is 9. The summed E-state index contributed by atoms with van der Waals surface area (Å²) < 4.78 is 24.4. The second-order valence-corrected chi connectivity index (χ2v) is 12.5. The number of amides is 1. The van der Waals surface area contributed by atoms with E-state index < -0.39 is 9.84 Å². The van der Waals surface area contributed by atoms with Crippen molar-refractivity contribution in [2.45, 2.75) is 97.4 Å². The van der Waals surface area contributed by atoms with E-state index >= 15 is 0 Å². The number of hydrogen-bond donors (Lipinski definition) is 0. The van der Waals surface area contributed by atoms with E-state index in [4.69, 9.17) is 0 Å². The highest BCUT2D eigenvalue weighted by Crippen LogP contribution is 2.33. The van der Waals surface area contributed by atoms with E-state index in [9.17, 15) is 13.2 Å². The molecule has 1 aromatic rings. The Bertz CT molecular complexity index is 782. The lowest BCUT2D eigenvalue weighted by Crippen LogP contribution is -2.42. The van der Waals surface area contributed by atoms with Gasteiger partial charge in [0.2, 0.25) is 0 Å². The zero-order valence-electron chi connectivity index (χ0n) is 19.7. The van der Waals surface area contributed by atoms with Gasteiger partial charge in [-0.25, -0.2) is 8.42 Å². The van der Waals surface area contributed by atoms with Gasteiger partial charge in [-0.1, -0.05) is 25.0 Å². The second kappa shape index (κ2) is 10.8. The van der Waals surface area contributed by atoms with Crippen LogP contribution < -0.4 is 0 Å². The summed E-state index contributed by atoms with van der Waals surface area (Å²) in [5.41, 5.74) is 2.00. The van der Waals surface area contributed by atoms with Crippen LogP contribution in [0.2, 0.25) is 0 Å². The number of benzene rings is 1. The highest BCUT2D eigenvalue weighted by molar-refractivity contribution is 7.91. The molecule has 0 bridgehead atoms. The third-order valence-corrected chi connectivity index (χ3v) is 8.89. The first-order valence-electron chi connectivity index (χ1n) is 11.6. The Hall–Kier alpha value is -1.36. The first-order chi connectivity index (χ1) is 14.0. The Morgan fingerprint density at radius 3 is 2.07 bits per heavy atom. The molecular weight excluding hydrogens is 394 g/mol. The van der Waals surface area contributed by atoms with Crippen LogP contribution in [-0.4, -0.2) is 42.3 Å². The van der Waals surface area contributed by atoms with Crippen molar-refractivity contribution in [3.63, 3.8) is 0 Å². The molecule has 170 valence electrons. The maximum Gasteiger partial charge on any atom is 0.254 e. The molecule has 4 nitrogen and oxygen atoms in total. The molecule has 0 aliphatic heterocycles. The van der Waals surface area contributed by atoms with Gasteiger partial charge in [0, 0.05) is 17.6 Å². The summed E-state index contributed by atoms with van der Waals surface area (Å²) in [5.74, 6) is 1.44. The first-order valence-corrected chi connectivity index (χ1v) is 13.4. The van der Waals surface area contributed by atoms with Crippen LogP contribution in [-0.2, 0) is 16.3 Å². The van der Waals surface area contributed by atoms with Gasteiger partial charge in [0.05, 0.1) is 11.0 Å². The van der Waals surface area contributed by atoms with E-state index in [0.29, 0.717) is 17.6 Å². The molecule has 0 N–H and O–H groups in total. The topological polar surface area (TPSA) is 54.5 Å². The van der Waals surface area contributed by atoms with Crippen molar-refractivity contribution in [2.24, 2.45) is 11.8 Å². The Morgan fingerprint density at radius 1 is 0.967 bits per heavy atom. The van der Waals surface area contributed by atoms with Gasteiger partial charge in [-0.3, -0.25) is 4.79 Å². The van der Waals surface area contributed by atoms with Crippen LogP contribution in [0.25, 0.3) is 0 Å². The largest absolute Gasteiger partial charge is 0.334 e. The zero-order chi connectivity index (χ0) is 22.5. The van der Waals surface area contributed by atoms with Gasteiger partial charge >= 0.3 is 0 Å². The number of carbonyl (C=O) groups excluding carboxylic acids is 1. The Labute approximate surface area is 184 Å². The minimum atomic E-state index is -2.94. The van der Waals surface area contributed by atoms with Crippen LogP contribution in [0, 0.1) is 11.8 Å². The second-order valence-electron chi connectivity index (χ2n) is 9.90. The highest BCUT2D eigenvalue weighted by Gasteiger charge is 2.27. The van der Waals surface area contributed by atoms with Crippen molar-refractivity contribution in [1.82, 2.24) is 4.90 Å². The van der Waals surface area contributed by atoms with Gasteiger partial charge in [-0.2, -0.15) is 0 Å². The number of sulfone groups is 1. The van der Waals surface area contributed by atoms with Crippen molar-refractivity contribution in [3.05, 3.63) is 35.4 Å². The SMILES string of the molecule is CC(C)N(C(=O)c1cccc(CCC2CCC(CS(=O)(=O)C(C)C)CC2)c1)C(C)C. The lowest BCUT2D eigenvalue weighted by Gasteiger charge is -2.31. The number of hydrogen-bond acceptors (Lipinski definition) is 3. The number of aryl methyl sites for hydroxylation is 1. The molecule has 1 aliphatic rings. The van der Waals surface area contributed by atoms with Gasteiger partial charge in [0.1, 0.15) is 0 Å². The van der Waals surface area contributed by atoms with E-state index in [0.717, 1.165) is 44.1 Å². The van der Waals surface area contributed by atoms with Crippen LogP contribution in [0.1, 0.15) is 89.6 Å². The van der Waals surface area contributed by atoms with E-state index in [1.165, 1.54) is 5.56 Å². The van der Waals surface area contributed by atoms with Crippen LogP contribution in [0.5, 0.6) is 0 Å². The molecule has 1 fully saturated rings. The summed E-state index contributed by atoms with van der Waals surface area (Å²) in [7, 11) is -2.94. The Balaban J connectivity index is 1.89. The molecule has 0 radical (unpaired) electrons. The standard InChI is InChI=1S/C25H41NO3S/c1-18(2)26(19(3)4)25(27)24-9-7-8-22(16-24)13-10-21-11-14-23(15-12-21)17-30(28,29)20(5)6/h7-9,16,18-21,23H,10-15,17H2,1-6H3. The van der Waals surface area contributed by atoms with E-state index in [2.05, 4.69) is 39.8 Å². The average Bonchev–Trinajstić information content (AvgIpc) is 2.66. The number of carbonyl (C=O) groups is 1. The zero-order valence-corrected chi connectivity index (χ0v) is 20.5. The summed E-state index contributed by atoms with van der Waals surface area (Å²) in [5, 5.41) is -0.271. The summed E-state index contributed by atoms with van der Waals surface area (Å²) in [6, 6.07) is 8.44. The van der Waals surface area contributed by atoms with Crippen LogP contribution in [0.4, 0.5) is 0 Å². The van der Waals surface area contributed by atoms with Gasteiger partial charge in [0.25, 0.3) is 5.91 Å². The predicted octanol–water partition coefficient (Wildman–Crippen LogP) is 5.51. The van der Waals surface area contributed by atoms with E-state index in [1.807, 2.05) is 17.0 Å². The molecule has 0 saturated heterocycles. The predicted molar refractivity (Wildman–Crippen MR) is 126 cm³/mol. The lowest BCUT2D eigenvalue weighted by molar-refractivity contribution is 0.0643. The van der Waals surface area contributed by atoms with Crippen molar-refractivity contribution >= 4 is 15.7 Å². The van der Waals surface area contributed by atoms with Gasteiger partial charge < -0.3 is 4.90 Å². The Kier molecular flexibility index (Phi) is 8.96. The molecule has 30 heavy (non-hydrogen) atoms. The van der Waals surface area contributed by atoms with Crippen molar-refractivity contribution < 1.29 is 13.2 Å². The smallest absolute Gasteiger partial charge is 0.254 e. The van der Waals surface area contributed by atoms with Gasteiger partial charge in [-0.15, -0.1) is 0 Å². The highest BCUT2D eigenvalue weighted by atomic mass is 32.2. The maximum atomic E-state index is 13.0. The molecule has 1 aromatic carbocycles. The summed E-state index contributed by atoms with van der Waals surface area (Å²) in [6.07, 6.45) is 6.36. The third-order valence-electron chi connectivity index (χ3n) is 6.51. The number of nitrogens with zero attached hydrogens (tertiary/aromatic N) is 1. The molecule has 0 aromatic heterocycles. The van der Waals surface area contributed by atoms with Crippen LogP contribution in [0.15, 0.2) is 24.3 Å². The summed E-state index contributed by atoms with van der Waals surface area (Å²) in [6.45, 7) is 11.8. The van der Waals surface area contributed by atoms with Crippen molar-refractivity contribution in [2.75, 3.05) is 5.75 Å². The summed E-state index contributed by atoms with van der Waals surface area (Å²) in [4.78, 5) is 14.9.